The van der Waals surface area contributed by atoms with Crippen LogP contribution in [0.1, 0.15) is 10.4 Å². The van der Waals surface area contributed by atoms with Crippen LogP contribution in [0.15, 0.2) is 24.9 Å². The predicted molar refractivity (Wildman–Crippen MR) is 63.8 cm³/mol. The fourth-order valence-electron chi connectivity index (χ4n) is 1.39. The van der Waals surface area contributed by atoms with Crippen LogP contribution in [-0.2, 0) is 0 Å². The summed E-state index contributed by atoms with van der Waals surface area (Å²) in [5.74, 6) is 1.02. The summed E-state index contributed by atoms with van der Waals surface area (Å²) in [7, 11) is 4.49. The average Bonchev–Trinajstić information content (AvgIpc) is 2.37. The first-order valence-corrected chi connectivity index (χ1v) is 4.89. The van der Waals surface area contributed by atoms with Crippen molar-refractivity contribution in [2.75, 3.05) is 21.3 Å². The summed E-state index contributed by atoms with van der Waals surface area (Å²) in [5.41, 5.74) is 0.402. The Morgan fingerprint density at radius 3 is 2.06 bits per heavy atom. The van der Waals surface area contributed by atoms with Crippen molar-refractivity contribution in [1.82, 2.24) is 5.32 Å². The fraction of sp³-hybridized carbons (Fsp3) is 0.250. The first-order chi connectivity index (χ1) is 8.17. The number of nitrogens with one attached hydrogen (secondary N) is 1. The minimum absolute atomic E-state index is 0.292. The molecule has 0 unspecified atom stereocenters. The summed E-state index contributed by atoms with van der Waals surface area (Å²) < 4.78 is 15.4. The number of amides is 1. The normalized spacial score (nSPS) is 9.35. The molecule has 0 saturated heterocycles. The van der Waals surface area contributed by atoms with Crippen molar-refractivity contribution < 1.29 is 19.0 Å². The maximum absolute atomic E-state index is 11.6. The smallest absolute Gasteiger partial charge is 0.255 e. The number of hydrogen-bond donors (Lipinski definition) is 1. The first kappa shape index (κ1) is 12.9. The van der Waals surface area contributed by atoms with E-state index in [-0.39, 0.29) is 5.91 Å². The van der Waals surface area contributed by atoms with Gasteiger partial charge in [-0.2, -0.15) is 0 Å². The third-order valence-corrected chi connectivity index (χ3v) is 2.16. The Bertz CT molecular complexity index is 404. The van der Waals surface area contributed by atoms with Crippen molar-refractivity contribution in [2.24, 2.45) is 0 Å². The van der Waals surface area contributed by atoms with E-state index in [0.717, 1.165) is 0 Å². The van der Waals surface area contributed by atoms with E-state index in [1.807, 2.05) is 0 Å². The SMILES string of the molecule is C=CNC(=O)c1cc(OC)c(OC)c(OC)c1. The molecule has 0 aliphatic carbocycles. The van der Waals surface area contributed by atoms with E-state index in [0.29, 0.717) is 22.8 Å². The number of carbonyl (C=O) groups excluding carboxylic acids is 1. The zero-order valence-corrected chi connectivity index (χ0v) is 10.1. The Kier molecular flexibility index (Phi) is 4.39. The molecule has 92 valence electrons. The van der Waals surface area contributed by atoms with Gasteiger partial charge in [-0.3, -0.25) is 4.79 Å². The molecule has 0 aliphatic heterocycles. The zero-order valence-electron chi connectivity index (χ0n) is 10.1. The Balaban J connectivity index is 3.26. The van der Waals surface area contributed by atoms with Gasteiger partial charge in [0.25, 0.3) is 5.91 Å². The molecule has 5 nitrogen and oxygen atoms in total. The van der Waals surface area contributed by atoms with Crippen LogP contribution in [0.2, 0.25) is 0 Å². The second-order valence-electron chi connectivity index (χ2n) is 3.09. The van der Waals surface area contributed by atoms with Gasteiger partial charge >= 0.3 is 0 Å². The molecule has 0 fully saturated rings. The second-order valence-corrected chi connectivity index (χ2v) is 3.09. The van der Waals surface area contributed by atoms with E-state index < -0.39 is 0 Å². The van der Waals surface area contributed by atoms with Gasteiger partial charge in [0, 0.05) is 5.56 Å². The highest BCUT2D eigenvalue weighted by Crippen LogP contribution is 2.38. The molecule has 0 radical (unpaired) electrons. The number of rotatable bonds is 5. The van der Waals surface area contributed by atoms with Crippen molar-refractivity contribution in [1.29, 1.82) is 0 Å². The topological polar surface area (TPSA) is 56.8 Å². The highest BCUT2D eigenvalue weighted by atomic mass is 16.5. The molecule has 0 saturated carbocycles. The zero-order chi connectivity index (χ0) is 12.8. The molecule has 1 aromatic rings. The molecule has 1 amide bonds. The van der Waals surface area contributed by atoms with E-state index >= 15 is 0 Å². The van der Waals surface area contributed by atoms with Crippen LogP contribution < -0.4 is 19.5 Å². The Labute approximate surface area is 100.0 Å². The summed E-state index contributed by atoms with van der Waals surface area (Å²) in [6, 6.07) is 3.14. The molecule has 0 heterocycles. The van der Waals surface area contributed by atoms with Gasteiger partial charge in [0.15, 0.2) is 11.5 Å². The van der Waals surface area contributed by atoms with Gasteiger partial charge in [-0.15, -0.1) is 0 Å². The summed E-state index contributed by atoms with van der Waals surface area (Å²) in [6.07, 6.45) is 1.31. The quantitative estimate of drug-likeness (QED) is 0.844. The summed E-state index contributed by atoms with van der Waals surface area (Å²) in [6.45, 7) is 3.43. The largest absolute Gasteiger partial charge is 0.493 e. The van der Waals surface area contributed by atoms with Crippen LogP contribution >= 0.6 is 0 Å². The molecular formula is C12H15NO4. The van der Waals surface area contributed by atoms with E-state index in [9.17, 15) is 4.79 Å². The van der Waals surface area contributed by atoms with E-state index in [4.69, 9.17) is 14.2 Å². The molecule has 17 heavy (non-hydrogen) atoms. The summed E-state index contributed by atoms with van der Waals surface area (Å²) in [4.78, 5) is 11.6. The van der Waals surface area contributed by atoms with E-state index in [2.05, 4.69) is 11.9 Å². The second kappa shape index (κ2) is 5.79. The minimum atomic E-state index is -0.292. The van der Waals surface area contributed by atoms with Crippen LogP contribution in [0.5, 0.6) is 17.2 Å². The molecule has 0 atom stereocenters. The van der Waals surface area contributed by atoms with Crippen molar-refractivity contribution in [2.45, 2.75) is 0 Å². The van der Waals surface area contributed by atoms with Gasteiger partial charge in [0.2, 0.25) is 5.75 Å². The molecule has 1 N–H and O–H groups in total. The van der Waals surface area contributed by atoms with Crippen molar-refractivity contribution >= 4 is 5.91 Å². The highest BCUT2D eigenvalue weighted by molar-refractivity contribution is 5.96. The third-order valence-electron chi connectivity index (χ3n) is 2.16. The number of carbonyl (C=O) groups is 1. The Hall–Kier alpha value is -2.17. The predicted octanol–water partition coefficient (Wildman–Crippen LogP) is 1.59. The van der Waals surface area contributed by atoms with Crippen LogP contribution in [0, 0.1) is 0 Å². The van der Waals surface area contributed by atoms with Crippen molar-refractivity contribution in [3.63, 3.8) is 0 Å². The minimum Gasteiger partial charge on any atom is -0.493 e. The standard InChI is InChI=1S/C12H15NO4/c1-5-13-12(14)8-6-9(15-2)11(17-4)10(7-8)16-3/h5-7H,1H2,2-4H3,(H,13,14). The molecule has 0 aromatic heterocycles. The van der Waals surface area contributed by atoms with Gasteiger partial charge in [-0.05, 0) is 18.3 Å². The lowest BCUT2D eigenvalue weighted by Crippen LogP contribution is -2.16. The number of benzene rings is 1. The monoisotopic (exact) mass is 237 g/mol. The highest BCUT2D eigenvalue weighted by Gasteiger charge is 2.16. The summed E-state index contributed by atoms with van der Waals surface area (Å²) in [5, 5.41) is 2.47. The maximum atomic E-state index is 11.6. The van der Waals surface area contributed by atoms with Crippen molar-refractivity contribution in [3.05, 3.63) is 30.5 Å². The molecule has 1 aromatic carbocycles. The Morgan fingerprint density at radius 1 is 1.18 bits per heavy atom. The van der Waals surface area contributed by atoms with Crippen molar-refractivity contribution in [3.8, 4) is 17.2 Å². The third kappa shape index (κ3) is 2.69. The van der Waals surface area contributed by atoms with Crippen LogP contribution in [-0.4, -0.2) is 27.2 Å². The summed E-state index contributed by atoms with van der Waals surface area (Å²) >= 11 is 0. The lowest BCUT2D eigenvalue weighted by atomic mass is 10.1. The van der Waals surface area contributed by atoms with Gasteiger partial charge in [-0.1, -0.05) is 6.58 Å². The number of ether oxygens (including phenoxy) is 3. The van der Waals surface area contributed by atoms with Crippen LogP contribution in [0.4, 0.5) is 0 Å². The molecule has 5 heteroatoms. The van der Waals surface area contributed by atoms with E-state index in [1.165, 1.54) is 27.5 Å². The molecule has 1 rings (SSSR count). The molecular weight excluding hydrogens is 222 g/mol. The number of hydrogen-bond acceptors (Lipinski definition) is 4. The van der Waals surface area contributed by atoms with Crippen LogP contribution in [0.25, 0.3) is 0 Å². The molecule has 0 spiro atoms. The average molecular weight is 237 g/mol. The first-order valence-electron chi connectivity index (χ1n) is 4.89. The fourth-order valence-corrected chi connectivity index (χ4v) is 1.39. The van der Waals surface area contributed by atoms with Gasteiger partial charge < -0.3 is 19.5 Å². The van der Waals surface area contributed by atoms with Gasteiger partial charge in [0.1, 0.15) is 0 Å². The lowest BCUT2D eigenvalue weighted by Gasteiger charge is -2.13. The lowest BCUT2D eigenvalue weighted by molar-refractivity contribution is 0.0969. The van der Waals surface area contributed by atoms with Crippen LogP contribution in [0.3, 0.4) is 0 Å². The van der Waals surface area contributed by atoms with Gasteiger partial charge in [-0.25, -0.2) is 0 Å². The number of methoxy groups -OCH3 is 3. The maximum Gasteiger partial charge on any atom is 0.255 e. The van der Waals surface area contributed by atoms with E-state index in [1.54, 1.807) is 12.1 Å². The molecule has 0 bridgehead atoms. The Morgan fingerprint density at radius 2 is 1.71 bits per heavy atom. The molecule has 0 aliphatic rings. The van der Waals surface area contributed by atoms with Gasteiger partial charge in [0.05, 0.1) is 21.3 Å².